The van der Waals surface area contributed by atoms with Crippen LogP contribution in [0.3, 0.4) is 0 Å². The molecule has 24 heavy (non-hydrogen) atoms. The van der Waals surface area contributed by atoms with Gasteiger partial charge in [0.1, 0.15) is 17.9 Å². The van der Waals surface area contributed by atoms with Gasteiger partial charge >= 0.3 is 5.97 Å². The lowest BCUT2D eigenvalue weighted by molar-refractivity contribution is -0.135. The van der Waals surface area contributed by atoms with Gasteiger partial charge in [-0.05, 0) is 24.5 Å². The summed E-state index contributed by atoms with van der Waals surface area (Å²) in [6.45, 7) is 6.88. The lowest BCUT2D eigenvalue weighted by Crippen LogP contribution is -2.36. The average Bonchev–Trinajstić information content (AvgIpc) is 2.57. The highest BCUT2D eigenvalue weighted by molar-refractivity contribution is 6.04. The van der Waals surface area contributed by atoms with Crippen LogP contribution in [0.1, 0.15) is 22.3 Å². The Balaban J connectivity index is 2.29. The molecule has 0 unspecified atom stereocenters. The summed E-state index contributed by atoms with van der Waals surface area (Å²) < 4.78 is 1.40. The Labute approximate surface area is 135 Å². The first-order valence-electron chi connectivity index (χ1n) is 7.24. The fraction of sp³-hybridized carbons (Fsp3) is 0.250. The highest BCUT2D eigenvalue weighted by atomic mass is 16.4. The smallest absolute Gasteiger partial charge is 0.322 e. The molecule has 8 nitrogen and oxygen atoms in total. The molecule has 1 aliphatic heterocycles. The normalized spacial score (nSPS) is 12.6. The van der Waals surface area contributed by atoms with Gasteiger partial charge in [0.25, 0.3) is 11.5 Å². The lowest BCUT2D eigenvalue weighted by atomic mass is 9.98. The number of carbonyl (C=O) groups is 2. The van der Waals surface area contributed by atoms with Gasteiger partial charge in [0.05, 0.1) is 12.1 Å². The predicted octanol–water partition coefficient (Wildman–Crippen LogP) is 1.02. The van der Waals surface area contributed by atoms with E-state index in [1.165, 1.54) is 10.6 Å². The minimum atomic E-state index is -1.26. The number of aromatic nitrogens is 1. The van der Waals surface area contributed by atoms with E-state index in [0.29, 0.717) is 30.6 Å². The van der Waals surface area contributed by atoms with Crippen LogP contribution in [-0.4, -0.2) is 33.2 Å². The molecule has 0 atom stereocenters. The molecule has 0 saturated carbocycles. The first-order chi connectivity index (χ1) is 11.4. The van der Waals surface area contributed by atoms with Gasteiger partial charge in [0.15, 0.2) is 5.69 Å². The molecule has 1 aromatic carbocycles. The van der Waals surface area contributed by atoms with E-state index < -0.39 is 35.3 Å². The van der Waals surface area contributed by atoms with E-state index in [-0.39, 0.29) is 5.39 Å². The molecule has 0 bridgehead atoms. The molecule has 0 aliphatic carbocycles. The Morgan fingerprint density at radius 1 is 1.38 bits per heavy atom. The van der Waals surface area contributed by atoms with Gasteiger partial charge in [-0.15, -0.1) is 0 Å². The summed E-state index contributed by atoms with van der Waals surface area (Å²) in [6, 6.07) is 3.10. The number of hydrogen-bond donors (Lipinski definition) is 3. The van der Waals surface area contributed by atoms with Gasteiger partial charge in [0, 0.05) is 11.9 Å². The second kappa shape index (κ2) is 5.70. The summed E-state index contributed by atoms with van der Waals surface area (Å²) in [4.78, 5) is 38.7. The minimum Gasteiger partial charge on any atom is -0.506 e. The summed E-state index contributed by atoms with van der Waals surface area (Å²) in [6.07, 6.45) is 1.34. The SMILES string of the molecule is [C-]#[N+]c1cc2c3c(c1)c(O)c(C(=O)NCC(=O)O)c(=O)n3CCC2. The van der Waals surface area contributed by atoms with Gasteiger partial charge < -0.3 is 20.1 Å². The third-order valence-electron chi connectivity index (χ3n) is 3.98. The predicted molar refractivity (Wildman–Crippen MR) is 84.4 cm³/mol. The number of rotatable bonds is 3. The van der Waals surface area contributed by atoms with Gasteiger partial charge in [0.2, 0.25) is 0 Å². The molecule has 0 spiro atoms. The van der Waals surface area contributed by atoms with Gasteiger partial charge in [-0.1, -0.05) is 6.07 Å². The summed E-state index contributed by atoms with van der Waals surface area (Å²) >= 11 is 0. The van der Waals surface area contributed by atoms with E-state index in [9.17, 15) is 19.5 Å². The third kappa shape index (κ3) is 2.36. The molecule has 0 radical (unpaired) electrons. The number of aryl methyl sites for hydroxylation is 2. The number of carboxylic acid groups (broad SMARTS) is 1. The molecule has 1 amide bonds. The lowest BCUT2D eigenvalue weighted by Gasteiger charge is -2.21. The van der Waals surface area contributed by atoms with E-state index in [4.69, 9.17) is 11.7 Å². The van der Waals surface area contributed by atoms with Crippen LogP contribution in [0.15, 0.2) is 16.9 Å². The Hall–Kier alpha value is -3.34. The summed E-state index contributed by atoms with van der Waals surface area (Å²) in [5.74, 6) is -2.74. The Kier molecular flexibility index (Phi) is 3.69. The van der Waals surface area contributed by atoms with E-state index in [0.717, 1.165) is 5.56 Å². The summed E-state index contributed by atoms with van der Waals surface area (Å²) in [5, 5.41) is 21.4. The molecular weight excluding hydrogens is 314 g/mol. The topological polar surface area (TPSA) is 113 Å². The van der Waals surface area contributed by atoms with Crippen molar-refractivity contribution in [1.82, 2.24) is 9.88 Å². The monoisotopic (exact) mass is 327 g/mol. The Bertz CT molecular complexity index is 984. The Morgan fingerprint density at radius 2 is 2.12 bits per heavy atom. The Morgan fingerprint density at radius 3 is 2.79 bits per heavy atom. The van der Waals surface area contributed by atoms with Crippen molar-refractivity contribution in [3.8, 4) is 5.75 Å². The molecule has 1 aromatic heterocycles. The van der Waals surface area contributed by atoms with E-state index in [1.54, 1.807) is 6.07 Å². The highest BCUT2D eigenvalue weighted by Gasteiger charge is 2.25. The standard InChI is InChI=1S/C16H13N3O5/c1-17-9-5-8-3-2-4-19-13(8)10(6-9)14(22)12(16(19)24)15(23)18-7-11(20)21/h5-6,22H,2-4,7H2,(H,18,23)(H,20,21). The van der Waals surface area contributed by atoms with Crippen LogP contribution < -0.4 is 10.9 Å². The van der Waals surface area contributed by atoms with Crippen LogP contribution in [0.2, 0.25) is 0 Å². The second-order valence-corrected chi connectivity index (χ2v) is 5.47. The number of pyridine rings is 1. The van der Waals surface area contributed by atoms with Crippen LogP contribution in [-0.2, 0) is 17.8 Å². The number of aliphatic carboxylic acids is 1. The summed E-state index contributed by atoms with van der Waals surface area (Å²) in [7, 11) is 0. The number of aromatic hydroxyl groups is 1. The van der Waals surface area contributed by atoms with Crippen molar-refractivity contribution in [3.63, 3.8) is 0 Å². The number of nitrogens with zero attached hydrogens (tertiary/aromatic N) is 2. The van der Waals surface area contributed by atoms with Crippen molar-refractivity contribution in [2.24, 2.45) is 0 Å². The second-order valence-electron chi connectivity index (χ2n) is 5.47. The third-order valence-corrected chi connectivity index (χ3v) is 3.98. The molecule has 0 fully saturated rings. The minimum absolute atomic E-state index is 0.248. The summed E-state index contributed by atoms with van der Waals surface area (Å²) in [5.41, 5.74) is 0.426. The zero-order valence-electron chi connectivity index (χ0n) is 12.5. The van der Waals surface area contributed by atoms with Crippen molar-refractivity contribution in [2.45, 2.75) is 19.4 Å². The first-order valence-corrected chi connectivity index (χ1v) is 7.24. The maximum atomic E-state index is 12.6. The molecule has 2 heterocycles. The van der Waals surface area contributed by atoms with Crippen LogP contribution in [0.25, 0.3) is 15.7 Å². The largest absolute Gasteiger partial charge is 0.506 e. The number of carbonyl (C=O) groups excluding carboxylic acids is 1. The molecule has 3 N–H and O–H groups in total. The van der Waals surface area contributed by atoms with Crippen molar-refractivity contribution >= 4 is 28.5 Å². The van der Waals surface area contributed by atoms with Gasteiger partial charge in [-0.2, -0.15) is 0 Å². The maximum absolute atomic E-state index is 12.6. The maximum Gasteiger partial charge on any atom is 0.322 e. The molecule has 0 saturated heterocycles. The van der Waals surface area contributed by atoms with E-state index in [2.05, 4.69) is 10.2 Å². The average molecular weight is 327 g/mol. The fourth-order valence-corrected chi connectivity index (χ4v) is 2.99. The van der Waals surface area contributed by atoms with Crippen molar-refractivity contribution in [2.75, 3.05) is 6.54 Å². The first kappa shape index (κ1) is 15.6. The number of nitrogens with one attached hydrogen (secondary N) is 1. The molecule has 2 aromatic rings. The highest BCUT2D eigenvalue weighted by Crippen LogP contribution is 2.35. The zero-order chi connectivity index (χ0) is 17.4. The fourth-order valence-electron chi connectivity index (χ4n) is 2.99. The van der Waals surface area contributed by atoms with Crippen molar-refractivity contribution in [1.29, 1.82) is 0 Å². The van der Waals surface area contributed by atoms with Crippen LogP contribution in [0, 0.1) is 6.57 Å². The number of amides is 1. The number of benzene rings is 1. The molecule has 1 aliphatic rings. The van der Waals surface area contributed by atoms with E-state index >= 15 is 0 Å². The van der Waals surface area contributed by atoms with Gasteiger partial charge in [-0.3, -0.25) is 14.4 Å². The van der Waals surface area contributed by atoms with Crippen LogP contribution >= 0.6 is 0 Å². The molecular formula is C16H13N3O5. The zero-order valence-corrected chi connectivity index (χ0v) is 12.5. The van der Waals surface area contributed by atoms with Crippen molar-refractivity contribution in [3.05, 3.63) is 45.0 Å². The quantitative estimate of drug-likeness (QED) is 0.729. The molecule has 8 heteroatoms. The molecule has 3 rings (SSSR count). The van der Waals surface area contributed by atoms with Crippen LogP contribution in [0.4, 0.5) is 5.69 Å². The number of hydrogen-bond acceptors (Lipinski definition) is 4. The van der Waals surface area contributed by atoms with E-state index in [1.807, 2.05) is 0 Å². The van der Waals surface area contributed by atoms with Crippen molar-refractivity contribution < 1.29 is 19.8 Å². The van der Waals surface area contributed by atoms with Gasteiger partial charge in [-0.25, -0.2) is 4.85 Å². The number of carboxylic acids is 1. The molecule has 122 valence electrons. The van der Waals surface area contributed by atoms with Crippen LogP contribution in [0.5, 0.6) is 5.75 Å².